The van der Waals surface area contributed by atoms with Crippen molar-refractivity contribution in [1.29, 1.82) is 0 Å². The van der Waals surface area contributed by atoms with E-state index >= 15 is 0 Å². The Kier molecular flexibility index (Phi) is 10.5. The fourth-order valence-electron chi connectivity index (χ4n) is 2.65. The van der Waals surface area contributed by atoms with Crippen LogP contribution in [0.3, 0.4) is 0 Å². The number of furan rings is 1. The van der Waals surface area contributed by atoms with Crippen LogP contribution in [0.5, 0.6) is 0 Å². The minimum atomic E-state index is -3.51. The van der Waals surface area contributed by atoms with Gasteiger partial charge in [-0.05, 0) is 57.5 Å². The summed E-state index contributed by atoms with van der Waals surface area (Å²) in [4.78, 5) is 4.77. The average Bonchev–Trinajstić information content (AvgIpc) is 3.25. The van der Waals surface area contributed by atoms with Crippen molar-refractivity contribution in [1.82, 2.24) is 14.9 Å². The number of hydrogen-bond donors (Lipinski definition) is 3. The van der Waals surface area contributed by atoms with Crippen molar-refractivity contribution in [3.05, 3.63) is 54.0 Å². The van der Waals surface area contributed by atoms with E-state index in [4.69, 9.17) is 4.42 Å². The molecule has 1 aromatic heterocycles. The predicted octanol–water partition coefficient (Wildman–Crippen LogP) is 2.89. The monoisotopic (exact) mass is 564 g/mol. The molecule has 0 saturated heterocycles. The number of benzene rings is 1. The molecule has 0 aliphatic carbocycles. The molecule has 3 N–H and O–H groups in total. The molecule has 1 atom stereocenters. The summed E-state index contributed by atoms with van der Waals surface area (Å²) >= 11 is 0. The molecule has 0 fully saturated rings. The van der Waals surface area contributed by atoms with Gasteiger partial charge >= 0.3 is 0 Å². The fraction of sp³-hybridized carbons (Fsp3) is 0.476. The second kappa shape index (κ2) is 11.8. The topological polar surface area (TPSA) is 107 Å². The van der Waals surface area contributed by atoms with Gasteiger partial charge in [-0.15, -0.1) is 24.0 Å². The van der Waals surface area contributed by atoms with Gasteiger partial charge in [-0.1, -0.05) is 12.1 Å². The van der Waals surface area contributed by atoms with Crippen molar-refractivity contribution >= 4 is 40.0 Å². The lowest BCUT2D eigenvalue weighted by Crippen LogP contribution is -2.44. The summed E-state index contributed by atoms with van der Waals surface area (Å²) in [6.45, 7) is 8.51. The third-order valence-electron chi connectivity index (χ3n) is 4.74. The van der Waals surface area contributed by atoms with Gasteiger partial charge in [0.2, 0.25) is 10.0 Å². The largest absolute Gasteiger partial charge is 0.466 e. The van der Waals surface area contributed by atoms with Crippen molar-refractivity contribution < 1.29 is 17.9 Å². The minimum absolute atomic E-state index is 0. The molecule has 2 rings (SSSR count). The van der Waals surface area contributed by atoms with Gasteiger partial charge in [0.05, 0.1) is 24.2 Å². The van der Waals surface area contributed by atoms with E-state index in [-0.39, 0.29) is 41.5 Å². The average molecular weight is 564 g/mol. The molecule has 10 heteroatoms. The van der Waals surface area contributed by atoms with Crippen LogP contribution in [0.1, 0.15) is 39.0 Å². The van der Waals surface area contributed by atoms with Crippen LogP contribution in [0.4, 0.5) is 0 Å². The van der Waals surface area contributed by atoms with E-state index in [1.165, 1.54) is 10.6 Å². The first kappa shape index (κ1) is 27.4. The Morgan fingerprint density at radius 1 is 1.23 bits per heavy atom. The van der Waals surface area contributed by atoms with Crippen molar-refractivity contribution in [2.24, 2.45) is 4.99 Å². The van der Waals surface area contributed by atoms with Gasteiger partial charge in [0.1, 0.15) is 11.4 Å². The van der Waals surface area contributed by atoms with E-state index in [9.17, 15) is 13.5 Å². The smallest absolute Gasteiger partial charge is 0.243 e. The number of guanidine groups is 1. The summed E-state index contributed by atoms with van der Waals surface area (Å²) < 4.78 is 31.8. The molecule has 8 nitrogen and oxygen atoms in total. The standard InChI is InChI=1S/C21H32N4O4S.HI/c1-6-22-20(24-15-21(4,26)19-8-7-13-29-19)23-14-17-9-11-18(12-10-17)30(27,28)25(5)16(2)3;/h7-13,16,26H,6,14-15H2,1-5H3,(H2,22,23,24);1H. The molecule has 0 amide bonds. The molecule has 1 unspecified atom stereocenters. The van der Waals surface area contributed by atoms with E-state index in [1.54, 1.807) is 50.4 Å². The Morgan fingerprint density at radius 2 is 1.87 bits per heavy atom. The molecule has 1 heterocycles. The van der Waals surface area contributed by atoms with E-state index in [2.05, 4.69) is 15.6 Å². The van der Waals surface area contributed by atoms with Crippen molar-refractivity contribution in [3.8, 4) is 0 Å². The van der Waals surface area contributed by atoms with Gasteiger partial charge < -0.3 is 20.2 Å². The molecule has 31 heavy (non-hydrogen) atoms. The predicted molar refractivity (Wildman–Crippen MR) is 133 cm³/mol. The van der Waals surface area contributed by atoms with Crippen LogP contribution in [0, 0.1) is 0 Å². The van der Waals surface area contributed by atoms with Crippen molar-refractivity contribution in [3.63, 3.8) is 0 Å². The van der Waals surface area contributed by atoms with Gasteiger partial charge in [0.15, 0.2) is 5.96 Å². The SMILES string of the molecule is CCNC(=NCc1ccc(S(=O)(=O)N(C)C(C)C)cc1)NCC(C)(O)c1ccco1.I. The Bertz CT molecular complexity index is 927. The number of aliphatic imine (C=N–C) groups is 1. The summed E-state index contributed by atoms with van der Waals surface area (Å²) in [7, 11) is -1.93. The highest BCUT2D eigenvalue weighted by molar-refractivity contribution is 14.0. The highest BCUT2D eigenvalue weighted by atomic mass is 127. The molecule has 0 spiro atoms. The lowest BCUT2D eigenvalue weighted by molar-refractivity contribution is 0.0386. The quantitative estimate of drug-likeness (QED) is 0.246. The van der Waals surface area contributed by atoms with Crippen LogP contribution >= 0.6 is 24.0 Å². The first-order valence-corrected chi connectivity index (χ1v) is 11.4. The van der Waals surface area contributed by atoms with Crippen LogP contribution in [0.25, 0.3) is 0 Å². The van der Waals surface area contributed by atoms with Crippen LogP contribution in [0.15, 0.2) is 57.0 Å². The van der Waals surface area contributed by atoms with Gasteiger partial charge in [0, 0.05) is 19.6 Å². The number of sulfonamides is 1. The summed E-state index contributed by atoms with van der Waals surface area (Å²) in [5.41, 5.74) is -0.311. The van der Waals surface area contributed by atoms with Gasteiger partial charge in [0.25, 0.3) is 0 Å². The molecule has 0 aliphatic heterocycles. The first-order valence-electron chi connectivity index (χ1n) is 9.93. The van der Waals surface area contributed by atoms with Gasteiger partial charge in [-0.3, -0.25) is 0 Å². The number of rotatable bonds is 9. The number of hydrogen-bond acceptors (Lipinski definition) is 5. The summed E-state index contributed by atoms with van der Waals surface area (Å²) in [5.74, 6) is 1.01. The number of halogens is 1. The molecule has 0 saturated carbocycles. The zero-order valence-electron chi connectivity index (χ0n) is 18.6. The third-order valence-corrected chi connectivity index (χ3v) is 6.79. The summed E-state index contributed by atoms with van der Waals surface area (Å²) in [6, 6.07) is 10.0. The Hall–Kier alpha value is -1.63. The molecule has 0 aliphatic rings. The first-order chi connectivity index (χ1) is 14.1. The van der Waals surface area contributed by atoms with Gasteiger partial charge in [-0.2, -0.15) is 4.31 Å². The maximum Gasteiger partial charge on any atom is 0.243 e. The maximum atomic E-state index is 12.6. The van der Waals surface area contributed by atoms with Crippen LogP contribution in [0.2, 0.25) is 0 Å². The van der Waals surface area contributed by atoms with Crippen LogP contribution < -0.4 is 10.6 Å². The molecule has 1 aromatic carbocycles. The minimum Gasteiger partial charge on any atom is -0.466 e. The van der Waals surface area contributed by atoms with Crippen LogP contribution in [-0.2, 0) is 22.2 Å². The van der Waals surface area contributed by atoms with E-state index in [0.29, 0.717) is 24.8 Å². The Morgan fingerprint density at radius 3 is 2.39 bits per heavy atom. The van der Waals surface area contributed by atoms with Crippen molar-refractivity contribution in [2.75, 3.05) is 20.1 Å². The molecule has 0 bridgehead atoms. The number of aliphatic hydroxyl groups is 1. The summed E-state index contributed by atoms with van der Waals surface area (Å²) in [5, 5.41) is 16.8. The lowest BCUT2D eigenvalue weighted by Gasteiger charge is -2.22. The molecular formula is C21H33IN4O4S. The maximum absolute atomic E-state index is 12.6. The van der Waals surface area contributed by atoms with Crippen LogP contribution in [-0.4, -0.2) is 50.0 Å². The molecule has 0 radical (unpaired) electrons. The highest BCUT2D eigenvalue weighted by Crippen LogP contribution is 2.20. The van der Waals surface area contributed by atoms with Gasteiger partial charge in [-0.25, -0.2) is 13.4 Å². The fourth-order valence-corrected chi connectivity index (χ4v) is 4.02. The zero-order chi connectivity index (χ0) is 22.4. The number of nitrogens with one attached hydrogen (secondary N) is 2. The third kappa shape index (κ3) is 7.48. The van der Waals surface area contributed by atoms with Crippen molar-refractivity contribution in [2.45, 2.75) is 50.8 Å². The normalized spacial score (nSPS) is 14.3. The Labute approximate surface area is 202 Å². The molecular weight excluding hydrogens is 531 g/mol. The molecule has 2 aromatic rings. The van der Waals surface area contributed by atoms with E-state index in [0.717, 1.165) is 5.56 Å². The second-order valence-electron chi connectivity index (χ2n) is 7.56. The molecule has 174 valence electrons. The highest BCUT2D eigenvalue weighted by Gasteiger charge is 2.26. The Balaban J connectivity index is 0.00000480. The second-order valence-corrected chi connectivity index (χ2v) is 9.56. The lowest BCUT2D eigenvalue weighted by atomic mass is 10.0. The summed E-state index contributed by atoms with van der Waals surface area (Å²) in [6.07, 6.45) is 1.52. The zero-order valence-corrected chi connectivity index (χ0v) is 21.8. The van der Waals surface area contributed by atoms with E-state index in [1.807, 2.05) is 20.8 Å². The number of nitrogens with zero attached hydrogens (tertiary/aromatic N) is 2. The van der Waals surface area contributed by atoms with E-state index < -0.39 is 15.6 Å².